The number of carbonyl (C=O) groups is 1. The first-order valence-electron chi connectivity index (χ1n) is 9.98. The van der Waals surface area contributed by atoms with Crippen LogP contribution in [0.3, 0.4) is 0 Å². The molecule has 27 heavy (non-hydrogen) atoms. The van der Waals surface area contributed by atoms with E-state index >= 15 is 0 Å². The highest BCUT2D eigenvalue weighted by Gasteiger charge is 2.19. The van der Waals surface area contributed by atoms with Crippen LogP contribution in [0, 0.1) is 6.92 Å². The van der Waals surface area contributed by atoms with Crippen LogP contribution in [0.2, 0.25) is 0 Å². The van der Waals surface area contributed by atoms with Crippen LogP contribution in [0.15, 0.2) is 28.7 Å². The first-order chi connectivity index (χ1) is 13.1. The molecule has 3 rings (SSSR count). The molecule has 1 amide bonds. The summed E-state index contributed by atoms with van der Waals surface area (Å²) < 4.78 is 11.6. The third kappa shape index (κ3) is 5.19. The van der Waals surface area contributed by atoms with Gasteiger partial charge in [-0.25, -0.2) is 4.98 Å². The van der Waals surface area contributed by atoms with Crippen molar-refractivity contribution in [2.75, 3.05) is 20.2 Å². The SMILES string of the molecule is CCc1ccc(-c2nc(CC(=O)N(C)CCC3CCCCO3)c(C)o2)cc1. The molecule has 0 bridgehead atoms. The molecule has 0 aliphatic carbocycles. The highest BCUT2D eigenvalue weighted by Crippen LogP contribution is 2.23. The van der Waals surface area contributed by atoms with Gasteiger partial charge in [-0.2, -0.15) is 0 Å². The van der Waals surface area contributed by atoms with Gasteiger partial charge in [0.2, 0.25) is 11.8 Å². The molecule has 2 aromatic rings. The van der Waals surface area contributed by atoms with Crippen molar-refractivity contribution < 1.29 is 13.9 Å². The molecule has 1 aromatic heterocycles. The fraction of sp³-hybridized carbons (Fsp3) is 0.545. The topological polar surface area (TPSA) is 55.6 Å². The Morgan fingerprint density at radius 3 is 2.70 bits per heavy atom. The Hall–Kier alpha value is -2.14. The summed E-state index contributed by atoms with van der Waals surface area (Å²) in [5.74, 6) is 1.35. The second-order valence-corrected chi connectivity index (χ2v) is 7.34. The maximum Gasteiger partial charge on any atom is 0.228 e. The van der Waals surface area contributed by atoms with E-state index < -0.39 is 0 Å². The number of hydrogen-bond acceptors (Lipinski definition) is 4. The molecule has 0 radical (unpaired) electrons. The number of benzene rings is 1. The van der Waals surface area contributed by atoms with E-state index in [1.165, 1.54) is 12.0 Å². The molecule has 1 atom stereocenters. The van der Waals surface area contributed by atoms with E-state index in [1.54, 1.807) is 4.90 Å². The lowest BCUT2D eigenvalue weighted by Crippen LogP contribution is -2.32. The Kier molecular flexibility index (Phi) is 6.67. The van der Waals surface area contributed by atoms with Gasteiger partial charge in [-0.05, 0) is 56.7 Å². The average molecular weight is 370 g/mol. The maximum atomic E-state index is 12.6. The number of oxazole rings is 1. The molecule has 1 saturated heterocycles. The number of rotatable bonds is 7. The summed E-state index contributed by atoms with van der Waals surface area (Å²) in [5, 5.41) is 0. The molecule has 0 saturated carbocycles. The van der Waals surface area contributed by atoms with E-state index in [0.717, 1.165) is 43.5 Å². The summed E-state index contributed by atoms with van der Waals surface area (Å²) in [6.07, 6.45) is 5.94. The normalized spacial score (nSPS) is 17.1. The largest absolute Gasteiger partial charge is 0.441 e. The minimum Gasteiger partial charge on any atom is -0.441 e. The van der Waals surface area contributed by atoms with Crippen molar-refractivity contribution in [1.82, 2.24) is 9.88 Å². The Morgan fingerprint density at radius 2 is 2.04 bits per heavy atom. The predicted octanol–water partition coefficient (Wildman–Crippen LogP) is 4.17. The summed E-state index contributed by atoms with van der Waals surface area (Å²) in [7, 11) is 1.85. The van der Waals surface area contributed by atoms with Crippen LogP contribution in [-0.4, -0.2) is 42.1 Å². The van der Waals surface area contributed by atoms with E-state index in [4.69, 9.17) is 9.15 Å². The van der Waals surface area contributed by atoms with Gasteiger partial charge in [0.25, 0.3) is 0 Å². The Balaban J connectivity index is 1.57. The van der Waals surface area contributed by atoms with Gasteiger partial charge in [0.1, 0.15) is 5.76 Å². The zero-order chi connectivity index (χ0) is 19.2. The van der Waals surface area contributed by atoms with Gasteiger partial charge in [0.05, 0.1) is 18.2 Å². The monoisotopic (exact) mass is 370 g/mol. The average Bonchev–Trinajstić information content (AvgIpc) is 3.07. The molecule has 1 fully saturated rings. The lowest BCUT2D eigenvalue weighted by molar-refractivity contribution is -0.129. The van der Waals surface area contributed by atoms with Crippen LogP contribution < -0.4 is 0 Å². The second kappa shape index (κ2) is 9.18. The van der Waals surface area contributed by atoms with Gasteiger partial charge in [-0.1, -0.05) is 19.1 Å². The van der Waals surface area contributed by atoms with Crippen LogP contribution >= 0.6 is 0 Å². The van der Waals surface area contributed by atoms with E-state index in [2.05, 4.69) is 24.0 Å². The number of ether oxygens (including phenoxy) is 1. The fourth-order valence-corrected chi connectivity index (χ4v) is 3.37. The smallest absolute Gasteiger partial charge is 0.228 e. The summed E-state index contributed by atoms with van der Waals surface area (Å²) in [6, 6.07) is 8.21. The number of likely N-dealkylation sites (N-methyl/N-ethyl adjacent to an activating group) is 1. The van der Waals surface area contributed by atoms with Crippen molar-refractivity contribution in [3.05, 3.63) is 41.3 Å². The fourth-order valence-electron chi connectivity index (χ4n) is 3.37. The minimum absolute atomic E-state index is 0.0649. The number of nitrogens with zero attached hydrogens (tertiary/aromatic N) is 2. The molecular weight excluding hydrogens is 340 g/mol. The van der Waals surface area contributed by atoms with E-state index in [-0.39, 0.29) is 12.3 Å². The number of aromatic nitrogens is 1. The van der Waals surface area contributed by atoms with E-state index in [1.807, 2.05) is 26.1 Å². The van der Waals surface area contributed by atoms with Gasteiger partial charge in [-0.3, -0.25) is 4.79 Å². The molecule has 2 heterocycles. The number of aryl methyl sites for hydroxylation is 2. The van der Waals surface area contributed by atoms with Gasteiger partial charge < -0.3 is 14.1 Å². The van der Waals surface area contributed by atoms with Crippen LogP contribution in [0.5, 0.6) is 0 Å². The standard InChI is InChI=1S/C22H30N2O3/c1-4-17-8-10-18(11-9-17)22-23-20(16(2)27-22)15-21(25)24(3)13-12-19-7-5-6-14-26-19/h8-11,19H,4-7,12-15H2,1-3H3. The summed E-state index contributed by atoms with van der Waals surface area (Å²) in [4.78, 5) is 18.9. The number of carbonyl (C=O) groups excluding carboxylic acids is 1. The van der Waals surface area contributed by atoms with Crippen molar-refractivity contribution in [1.29, 1.82) is 0 Å². The highest BCUT2D eigenvalue weighted by molar-refractivity contribution is 5.78. The summed E-state index contributed by atoms with van der Waals surface area (Å²) in [5.41, 5.74) is 2.94. The van der Waals surface area contributed by atoms with E-state index in [0.29, 0.717) is 24.3 Å². The van der Waals surface area contributed by atoms with Crippen molar-refractivity contribution in [2.45, 2.75) is 58.5 Å². The third-order valence-corrected chi connectivity index (χ3v) is 5.31. The molecule has 5 nitrogen and oxygen atoms in total. The first-order valence-corrected chi connectivity index (χ1v) is 9.98. The van der Waals surface area contributed by atoms with Crippen LogP contribution in [-0.2, 0) is 22.4 Å². The van der Waals surface area contributed by atoms with Gasteiger partial charge in [0, 0.05) is 25.8 Å². The molecule has 1 aliphatic rings. The third-order valence-electron chi connectivity index (χ3n) is 5.31. The lowest BCUT2D eigenvalue weighted by atomic mass is 10.1. The molecular formula is C22H30N2O3. The summed E-state index contributed by atoms with van der Waals surface area (Å²) >= 11 is 0. The quantitative estimate of drug-likeness (QED) is 0.734. The Morgan fingerprint density at radius 1 is 1.26 bits per heavy atom. The Bertz CT molecular complexity index is 745. The van der Waals surface area contributed by atoms with Gasteiger partial charge in [-0.15, -0.1) is 0 Å². The van der Waals surface area contributed by atoms with Crippen molar-refractivity contribution >= 4 is 5.91 Å². The molecule has 5 heteroatoms. The van der Waals surface area contributed by atoms with Crippen LogP contribution in [0.1, 0.15) is 49.6 Å². The number of amides is 1. The van der Waals surface area contributed by atoms with Crippen molar-refractivity contribution in [2.24, 2.45) is 0 Å². The van der Waals surface area contributed by atoms with Crippen molar-refractivity contribution in [3.63, 3.8) is 0 Å². The zero-order valence-electron chi connectivity index (χ0n) is 16.7. The van der Waals surface area contributed by atoms with Gasteiger partial charge in [0.15, 0.2) is 0 Å². The number of hydrogen-bond donors (Lipinski definition) is 0. The molecule has 1 aromatic carbocycles. The lowest BCUT2D eigenvalue weighted by Gasteiger charge is -2.25. The Labute approximate surface area is 161 Å². The zero-order valence-corrected chi connectivity index (χ0v) is 16.7. The highest BCUT2D eigenvalue weighted by atomic mass is 16.5. The minimum atomic E-state index is 0.0649. The molecule has 0 N–H and O–H groups in total. The second-order valence-electron chi connectivity index (χ2n) is 7.34. The molecule has 146 valence electrons. The summed E-state index contributed by atoms with van der Waals surface area (Å²) in [6.45, 7) is 5.56. The van der Waals surface area contributed by atoms with Crippen molar-refractivity contribution in [3.8, 4) is 11.5 Å². The molecule has 1 unspecified atom stereocenters. The maximum absolute atomic E-state index is 12.6. The van der Waals surface area contributed by atoms with E-state index in [9.17, 15) is 4.79 Å². The van der Waals surface area contributed by atoms with Crippen LogP contribution in [0.4, 0.5) is 0 Å². The van der Waals surface area contributed by atoms with Gasteiger partial charge >= 0.3 is 0 Å². The molecule has 0 spiro atoms. The molecule has 1 aliphatic heterocycles. The van der Waals surface area contributed by atoms with Crippen LogP contribution in [0.25, 0.3) is 11.5 Å². The predicted molar refractivity (Wildman–Crippen MR) is 106 cm³/mol. The first kappa shape index (κ1) is 19.6.